The van der Waals surface area contributed by atoms with Crippen LogP contribution in [0.25, 0.3) is 5.57 Å². The number of nitrogens with zero attached hydrogens (tertiary/aromatic N) is 1. The maximum atomic E-state index is 12.7. The third-order valence-electron chi connectivity index (χ3n) is 4.24. The number of benzene rings is 2. The van der Waals surface area contributed by atoms with Crippen molar-refractivity contribution in [2.75, 3.05) is 12.4 Å². The van der Waals surface area contributed by atoms with Crippen molar-refractivity contribution in [2.45, 2.75) is 26.9 Å². The van der Waals surface area contributed by atoms with Crippen LogP contribution in [0.15, 0.2) is 48.2 Å². The van der Waals surface area contributed by atoms with E-state index >= 15 is 0 Å². The number of aryl methyl sites for hydroxylation is 1. The molecule has 1 aliphatic heterocycles. The van der Waals surface area contributed by atoms with E-state index in [1.165, 1.54) is 7.05 Å². The molecule has 0 unspecified atom stereocenters. The summed E-state index contributed by atoms with van der Waals surface area (Å²) in [4.78, 5) is 26.3. The van der Waals surface area contributed by atoms with Crippen molar-refractivity contribution in [1.29, 1.82) is 0 Å². The smallest absolute Gasteiger partial charge is 0.277 e. The molecule has 0 aliphatic carbocycles. The van der Waals surface area contributed by atoms with Crippen molar-refractivity contribution in [3.8, 4) is 5.75 Å². The minimum Gasteiger partial charge on any atom is -0.491 e. The quantitative estimate of drug-likeness (QED) is 0.782. The van der Waals surface area contributed by atoms with E-state index in [2.05, 4.69) is 5.32 Å². The summed E-state index contributed by atoms with van der Waals surface area (Å²) in [5.41, 5.74) is 2.79. The largest absolute Gasteiger partial charge is 0.491 e. The Morgan fingerprint density at radius 2 is 1.70 bits per heavy atom. The van der Waals surface area contributed by atoms with Crippen LogP contribution in [0.2, 0.25) is 5.02 Å². The second-order valence-corrected chi connectivity index (χ2v) is 7.11. The van der Waals surface area contributed by atoms with Gasteiger partial charge in [0.1, 0.15) is 11.4 Å². The Labute approximate surface area is 163 Å². The molecule has 0 radical (unpaired) electrons. The first-order chi connectivity index (χ1) is 12.8. The molecule has 2 aromatic carbocycles. The highest BCUT2D eigenvalue weighted by atomic mass is 35.5. The van der Waals surface area contributed by atoms with Gasteiger partial charge in [-0.25, -0.2) is 0 Å². The van der Waals surface area contributed by atoms with Crippen molar-refractivity contribution in [1.82, 2.24) is 4.90 Å². The lowest BCUT2D eigenvalue weighted by molar-refractivity contribution is -0.135. The highest BCUT2D eigenvalue weighted by Crippen LogP contribution is 2.31. The Hall–Kier alpha value is -2.79. The number of likely N-dealkylation sites (N-methyl/N-ethyl adjacent to an activating group) is 1. The molecule has 0 atom stereocenters. The van der Waals surface area contributed by atoms with E-state index in [4.69, 9.17) is 16.3 Å². The zero-order valence-corrected chi connectivity index (χ0v) is 16.4. The zero-order valence-electron chi connectivity index (χ0n) is 15.7. The van der Waals surface area contributed by atoms with Gasteiger partial charge in [0.05, 0.1) is 11.7 Å². The molecule has 2 aromatic rings. The molecule has 0 aromatic heterocycles. The number of anilines is 1. The van der Waals surface area contributed by atoms with Crippen LogP contribution in [0, 0.1) is 6.92 Å². The first-order valence-electron chi connectivity index (χ1n) is 8.65. The van der Waals surface area contributed by atoms with E-state index in [0.29, 0.717) is 27.6 Å². The fourth-order valence-electron chi connectivity index (χ4n) is 2.81. The molecule has 1 N–H and O–H groups in total. The molecule has 0 bridgehead atoms. The number of amides is 2. The lowest BCUT2D eigenvalue weighted by Crippen LogP contribution is -2.27. The number of rotatable bonds is 5. The van der Waals surface area contributed by atoms with Gasteiger partial charge in [-0.2, -0.15) is 0 Å². The third-order valence-corrected chi connectivity index (χ3v) is 4.65. The van der Waals surface area contributed by atoms with E-state index in [1.807, 2.05) is 32.9 Å². The molecular formula is C21H21ClN2O3. The first-order valence-corrected chi connectivity index (χ1v) is 9.02. The number of carbonyl (C=O) groups is 2. The highest BCUT2D eigenvalue weighted by molar-refractivity contribution is 6.36. The predicted octanol–water partition coefficient (Wildman–Crippen LogP) is 4.26. The highest BCUT2D eigenvalue weighted by Gasteiger charge is 2.36. The van der Waals surface area contributed by atoms with Gasteiger partial charge in [0.25, 0.3) is 11.8 Å². The van der Waals surface area contributed by atoms with Crippen LogP contribution in [0.4, 0.5) is 5.69 Å². The van der Waals surface area contributed by atoms with Gasteiger partial charge in [-0.15, -0.1) is 0 Å². The standard InChI is InChI=1S/C21H21ClN2O3/c1-12(2)27-16-9-6-14(7-10-16)18-19(21(26)24(4)20(18)25)23-15-8-5-13(3)17(22)11-15/h5-12,23H,1-4H3. The molecule has 1 heterocycles. The number of carbonyl (C=O) groups excluding carboxylic acids is 2. The SMILES string of the molecule is Cc1ccc(NC2=C(c3ccc(OC(C)C)cc3)C(=O)N(C)C2=O)cc1Cl. The number of ether oxygens (including phenoxy) is 1. The monoisotopic (exact) mass is 384 g/mol. The number of hydrogen-bond donors (Lipinski definition) is 1. The normalized spacial score (nSPS) is 14.4. The van der Waals surface area contributed by atoms with E-state index in [0.717, 1.165) is 10.5 Å². The molecule has 0 saturated carbocycles. The summed E-state index contributed by atoms with van der Waals surface area (Å²) in [7, 11) is 1.47. The third kappa shape index (κ3) is 3.83. The van der Waals surface area contributed by atoms with Crippen molar-refractivity contribution in [3.05, 3.63) is 64.3 Å². The van der Waals surface area contributed by atoms with Gasteiger partial charge < -0.3 is 10.1 Å². The number of nitrogens with one attached hydrogen (secondary N) is 1. The minimum absolute atomic E-state index is 0.0550. The summed E-state index contributed by atoms with van der Waals surface area (Å²) in [6, 6.07) is 12.5. The molecule has 0 saturated heterocycles. The van der Waals surface area contributed by atoms with Crippen LogP contribution in [-0.4, -0.2) is 29.9 Å². The molecule has 3 rings (SSSR count). The van der Waals surface area contributed by atoms with Crippen LogP contribution < -0.4 is 10.1 Å². The molecule has 1 aliphatic rings. The van der Waals surface area contributed by atoms with E-state index < -0.39 is 0 Å². The summed E-state index contributed by atoms with van der Waals surface area (Å²) in [6.07, 6.45) is 0.0550. The van der Waals surface area contributed by atoms with Crippen LogP contribution in [0.3, 0.4) is 0 Å². The van der Waals surface area contributed by atoms with Crippen molar-refractivity contribution in [3.63, 3.8) is 0 Å². The van der Waals surface area contributed by atoms with Crippen molar-refractivity contribution in [2.24, 2.45) is 0 Å². The second-order valence-electron chi connectivity index (χ2n) is 6.70. The Bertz CT molecular complexity index is 933. The summed E-state index contributed by atoms with van der Waals surface area (Å²) in [5, 5.41) is 3.65. The summed E-state index contributed by atoms with van der Waals surface area (Å²) in [5.74, 6) is -0.0215. The van der Waals surface area contributed by atoms with Crippen molar-refractivity contribution >= 4 is 34.7 Å². The number of imide groups is 1. The number of hydrogen-bond acceptors (Lipinski definition) is 4. The summed E-state index contributed by atoms with van der Waals surface area (Å²) >= 11 is 6.17. The fraction of sp³-hybridized carbons (Fsp3) is 0.238. The van der Waals surface area contributed by atoms with Gasteiger partial charge in [-0.1, -0.05) is 29.8 Å². The molecule has 2 amide bonds. The van der Waals surface area contributed by atoms with Crippen LogP contribution in [0.1, 0.15) is 25.0 Å². The van der Waals surface area contributed by atoms with Gasteiger partial charge >= 0.3 is 0 Å². The van der Waals surface area contributed by atoms with Crippen LogP contribution in [-0.2, 0) is 9.59 Å². The van der Waals surface area contributed by atoms with Gasteiger partial charge in [0, 0.05) is 17.8 Å². The first kappa shape index (κ1) is 19.0. The molecule has 5 nitrogen and oxygen atoms in total. The minimum atomic E-state index is -0.380. The van der Waals surface area contributed by atoms with E-state index in [9.17, 15) is 9.59 Å². The topological polar surface area (TPSA) is 58.6 Å². The number of halogens is 1. The van der Waals surface area contributed by atoms with Crippen LogP contribution in [0.5, 0.6) is 5.75 Å². The lowest BCUT2D eigenvalue weighted by Gasteiger charge is -2.11. The molecule has 6 heteroatoms. The predicted molar refractivity (Wildman–Crippen MR) is 107 cm³/mol. The Balaban J connectivity index is 2.00. The summed E-state index contributed by atoms with van der Waals surface area (Å²) < 4.78 is 5.64. The maximum absolute atomic E-state index is 12.7. The average molecular weight is 385 g/mol. The van der Waals surface area contributed by atoms with Crippen molar-refractivity contribution < 1.29 is 14.3 Å². The molecule has 0 fully saturated rings. The molecule has 140 valence electrons. The average Bonchev–Trinajstić information content (AvgIpc) is 2.83. The Morgan fingerprint density at radius 3 is 2.30 bits per heavy atom. The second kappa shape index (κ2) is 7.45. The summed E-state index contributed by atoms with van der Waals surface area (Å²) in [6.45, 7) is 5.79. The fourth-order valence-corrected chi connectivity index (χ4v) is 2.99. The molecule has 0 spiro atoms. The van der Waals surface area contributed by atoms with Gasteiger partial charge in [0.15, 0.2) is 0 Å². The maximum Gasteiger partial charge on any atom is 0.277 e. The van der Waals surface area contributed by atoms with Gasteiger partial charge in [0.2, 0.25) is 0 Å². The Kier molecular flexibility index (Phi) is 5.24. The molecular weight excluding hydrogens is 364 g/mol. The van der Waals surface area contributed by atoms with Gasteiger partial charge in [-0.3, -0.25) is 14.5 Å². The van der Waals surface area contributed by atoms with E-state index in [-0.39, 0.29) is 23.6 Å². The van der Waals surface area contributed by atoms with Gasteiger partial charge in [-0.05, 0) is 56.2 Å². The lowest BCUT2D eigenvalue weighted by atomic mass is 10.0. The zero-order chi connectivity index (χ0) is 19.7. The van der Waals surface area contributed by atoms with Crippen LogP contribution >= 0.6 is 11.6 Å². The Morgan fingerprint density at radius 1 is 1.04 bits per heavy atom. The molecule has 27 heavy (non-hydrogen) atoms. The van der Waals surface area contributed by atoms with E-state index in [1.54, 1.807) is 30.3 Å².